The summed E-state index contributed by atoms with van der Waals surface area (Å²) in [5.41, 5.74) is 0.451. The second-order valence-electron chi connectivity index (χ2n) is 7.96. The Kier molecular flexibility index (Phi) is 7.19. The SMILES string of the molecule is CCC(C)(C)C1CCC(NCC(CC(C)C)C(=O)O)CC1. The standard InChI is InChI=1S/C18H35NO2/c1-6-18(4,5)15-7-9-16(10-8-15)19-12-14(17(20)21)11-13(2)3/h13-16,19H,6-12H2,1-5H3,(H,20,21). The zero-order valence-corrected chi connectivity index (χ0v) is 14.6. The molecule has 1 aliphatic carbocycles. The van der Waals surface area contributed by atoms with Crippen molar-refractivity contribution in [1.29, 1.82) is 0 Å². The number of nitrogens with one attached hydrogen (secondary N) is 1. The van der Waals surface area contributed by atoms with Crippen LogP contribution in [-0.2, 0) is 4.79 Å². The number of hydrogen-bond acceptors (Lipinski definition) is 2. The third-order valence-corrected chi connectivity index (χ3v) is 5.50. The third kappa shape index (κ3) is 5.98. The van der Waals surface area contributed by atoms with Gasteiger partial charge in [0, 0.05) is 12.6 Å². The molecule has 0 bridgehead atoms. The fourth-order valence-corrected chi connectivity index (χ4v) is 3.52. The summed E-state index contributed by atoms with van der Waals surface area (Å²) in [6, 6.07) is 0.517. The number of aliphatic carboxylic acids is 1. The molecular weight excluding hydrogens is 262 g/mol. The van der Waals surface area contributed by atoms with Gasteiger partial charge in [-0.25, -0.2) is 0 Å². The zero-order valence-electron chi connectivity index (χ0n) is 14.6. The van der Waals surface area contributed by atoms with Gasteiger partial charge in [0.15, 0.2) is 0 Å². The Hall–Kier alpha value is -0.570. The van der Waals surface area contributed by atoms with Gasteiger partial charge in [0.2, 0.25) is 0 Å². The lowest BCUT2D eigenvalue weighted by atomic mass is 9.69. The molecule has 124 valence electrons. The van der Waals surface area contributed by atoms with E-state index in [0.717, 1.165) is 12.3 Å². The predicted octanol–water partition coefficient (Wildman–Crippen LogP) is 4.32. The molecule has 0 aromatic heterocycles. The highest BCUT2D eigenvalue weighted by Gasteiger charge is 2.32. The highest BCUT2D eigenvalue weighted by Crippen LogP contribution is 2.40. The summed E-state index contributed by atoms with van der Waals surface area (Å²) in [5.74, 6) is 0.368. The van der Waals surface area contributed by atoms with Crippen molar-refractivity contribution in [1.82, 2.24) is 5.32 Å². The summed E-state index contributed by atoms with van der Waals surface area (Å²) >= 11 is 0. The van der Waals surface area contributed by atoms with Crippen LogP contribution in [0.3, 0.4) is 0 Å². The first-order valence-corrected chi connectivity index (χ1v) is 8.72. The van der Waals surface area contributed by atoms with E-state index in [1.54, 1.807) is 0 Å². The molecule has 0 spiro atoms. The van der Waals surface area contributed by atoms with E-state index in [4.69, 9.17) is 0 Å². The third-order valence-electron chi connectivity index (χ3n) is 5.50. The van der Waals surface area contributed by atoms with Crippen LogP contribution in [0.2, 0.25) is 0 Å². The lowest BCUT2D eigenvalue weighted by Crippen LogP contribution is -2.40. The molecule has 0 aromatic carbocycles. The predicted molar refractivity (Wildman–Crippen MR) is 88.4 cm³/mol. The van der Waals surface area contributed by atoms with Crippen LogP contribution in [-0.4, -0.2) is 23.7 Å². The molecule has 1 fully saturated rings. The van der Waals surface area contributed by atoms with E-state index in [1.165, 1.54) is 32.1 Å². The van der Waals surface area contributed by atoms with Crippen LogP contribution in [0, 0.1) is 23.2 Å². The van der Waals surface area contributed by atoms with Crippen molar-refractivity contribution in [2.45, 2.75) is 79.2 Å². The van der Waals surface area contributed by atoms with Gasteiger partial charge in [-0.2, -0.15) is 0 Å². The molecule has 1 rings (SSSR count). The first-order valence-electron chi connectivity index (χ1n) is 8.72. The van der Waals surface area contributed by atoms with E-state index >= 15 is 0 Å². The first kappa shape index (κ1) is 18.5. The Balaban J connectivity index is 2.37. The molecule has 0 amide bonds. The van der Waals surface area contributed by atoms with E-state index < -0.39 is 5.97 Å². The van der Waals surface area contributed by atoms with E-state index in [2.05, 4.69) is 39.9 Å². The molecule has 2 N–H and O–H groups in total. The number of hydrogen-bond donors (Lipinski definition) is 2. The number of carboxylic acid groups (broad SMARTS) is 1. The van der Waals surface area contributed by atoms with Gasteiger partial charge in [-0.15, -0.1) is 0 Å². The van der Waals surface area contributed by atoms with E-state index in [0.29, 0.717) is 23.9 Å². The van der Waals surface area contributed by atoms with Crippen molar-refractivity contribution >= 4 is 5.97 Å². The van der Waals surface area contributed by atoms with Crippen molar-refractivity contribution in [3.8, 4) is 0 Å². The average Bonchev–Trinajstić information content (AvgIpc) is 2.43. The Labute approximate surface area is 130 Å². The van der Waals surface area contributed by atoms with Gasteiger partial charge in [0.1, 0.15) is 0 Å². The number of carbonyl (C=O) groups is 1. The number of carboxylic acids is 1. The van der Waals surface area contributed by atoms with Crippen molar-refractivity contribution < 1.29 is 9.90 Å². The molecule has 1 unspecified atom stereocenters. The molecule has 0 aliphatic heterocycles. The van der Waals surface area contributed by atoms with Gasteiger partial charge < -0.3 is 10.4 Å². The van der Waals surface area contributed by atoms with E-state index in [9.17, 15) is 9.90 Å². The van der Waals surface area contributed by atoms with Crippen molar-refractivity contribution in [3.63, 3.8) is 0 Å². The summed E-state index contributed by atoms with van der Waals surface area (Å²) in [6.45, 7) is 11.9. The maximum atomic E-state index is 11.3. The summed E-state index contributed by atoms with van der Waals surface area (Å²) in [7, 11) is 0. The van der Waals surface area contributed by atoms with Crippen molar-refractivity contribution in [2.24, 2.45) is 23.2 Å². The lowest BCUT2D eigenvalue weighted by molar-refractivity contribution is -0.142. The van der Waals surface area contributed by atoms with Crippen LogP contribution in [0.1, 0.15) is 73.1 Å². The molecule has 1 aliphatic rings. The van der Waals surface area contributed by atoms with Crippen LogP contribution in [0.4, 0.5) is 0 Å². The number of rotatable bonds is 8. The highest BCUT2D eigenvalue weighted by atomic mass is 16.4. The quantitative estimate of drug-likeness (QED) is 0.701. The fraction of sp³-hybridized carbons (Fsp3) is 0.944. The molecule has 0 radical (unpaired) electrons. The Bertz CT molecular complexity index is 317. The maximum Gasteiger partial charge on any atom is 0.307 e. The maximum absolute atomic E-state index is 11.3. The van der Waals surface area contributed by atoms with Crippen LogP contribution < -0.4 is 5.32 Å². The Morgan fingerprint density at radius 1 is 1.24 bits per heavy atom. The van der Waals surface area contributed by atoms with Crippen molar-refractivity contribution in [3.05, 3.63) is 0 Å². The summed E-state index contributed by atoms with van der Waals surface area (Å²) in [4.78, 5) is 11.3. The van der Waals surface area contributed by atoms with Crippen molar-refractivity contribution in [2.75, 3.05) is 6.54 Å². The lowest BCUT2D eigenvalue weighted by Gasteiger charge is -2.39. The molecule has 3 nitrogen and oxygen atoms in total. The highest BCUT2D eigenvalue weighted by molar-refractivity contribution is 5.70. The molecule has 21 heavy (non-hydrogen) atoms. The Morgan fingerprint density at radius 3 is 2.24 bits per heavy atom. The zero-order chi connectivity index (χ0) is 16.0. The monoisotopic (exact) mass is 297 g/mol. The summed E-state index contributed by atoms with van der Waals surface area (Å²) < 4.78 is 0. The van der Waals surface area contributed by atoms with E-state index in [-0.39, 0.29) is 5.92 Å². The first-order chi connectivity index (χ1) is 9.76. The normalized spacial score (nSPS) is 25.0. The molecule has 3 heteroatoms. The van der Waals surface area contributed by atoms with Gasteiger partial charge in [-0.05, 0) is 49.4 Å². The van der Waals surface area contributed by atoms with Gasteiger partial charge in [-0.3, -0.25) is 4.79 Å². The van der Waals surface area contributed by atoms with Gasteiger partial charge in [-0.1, -0.05) is 41.0 Å². The van der Waals surface area contributed by atoms with Gasteiger partial charge in [0.05, 0.1) is 5.92 Å². The van der Waals surface area contributed by atoms with Gasteiger partial charge in [0.25, 0.3) is 0 Å². The Morgan fingerprint density at radius 2 is 1.81 bits per heavy atom. The molecule has 0 aromatic rings. The molecular formula is C18H35NO2. The molecule has 0 saturated heterocycles. The minimum atomic E-state index is -0.656. The molecule has 0 heterocycles. The summed E-state index contributed by atoms with van der Waals surface area (Å²) in [6.07, 6.45) is 6.96. The van der Waals surface area contributed by atoms with Crippen LogP contribution >= 0.6 is 0 Å². The van der Waals surface area contributed by atoms with Crippen LogP contribution in [0.15, 0.2) is 0 Å². The largest absolute Gasteiger partial charge is 0.481 e. The molecule has 1 saturated carbocycles. The average molecular weight is 297 g/mol. The minimum absolute atomic E-state index is 0.241. The fourth-order valence-electron chi connectivity index (χ4n) is 3.52. The van der Waals surface area contributed by atoms with Crippen LogP contribution in [0.5, 0.6) is 0 Å². The van der Waals surface area contributed by atoms with Gasteiger partial charge >= 0.3 is 5.97 Å². The minimum Gasteiger partial charge on any atom is -0.481 e. The molecule has 1 atom stereocenters. The second-order valence-corrected chi connectivity index (χ2v) is 7.96. The van der Waals surface area contributed by atoms with Crippen LogP contribution in [0.25, 0.3) is 0 Å². The smallest absolute Gasteiger partial charge is 0.307 e. The van der Waals surface area contributed by atoms with E-state index in [1.807, 2.05) is 0 Å². The topological polar surface area (TPSA) is 49.3 Å². The summed E-state index contributed by atoms with van der Waals surface area (Å²) in [5, 5.41) is 12.8. The second kappa shape index (κ2) is 8.17.